The lowest BCUT2D eigenvalue weighted by Crippen LogP contribution is -2.47. The van der Waals surface area contributed by atoms with Crippen LogP contribution in [-0.4, -0.2) is 67.0 Å². The van der Waals surface area contributed by atoms with E-state index in [9.17, 15) is 22.3 Å². The van der Waals surface area contributed by atoms with Crippen molar-refractivity contribution in [3.63, 3.8) is 0 Å². The van der Waals surface area contributed by atoms with Gasteiger partial charge in [-0.3, -0.25) is 23.3 Å². The largest absolute Gasteiger partial charge is 0.420 e. The van der Waals surface area contributed by atoms with Crippen LogP contribution in [0.5, 0.6) is 0 Å². The van der Waals surface area contributed by atoms with Crippen molar-refractivity contribution in [2.75, 3.05) is 29.3 Å². The van der Waals surface area contributed by atoms with E-state index in [1.165, 1.54) is 16.5 Å². The first-order chi connectivity index (χ1) is 18.6. The summed E-state index contributed by atoms with van der Waals surface area (Å²) in [5.41, 5.74) is 3.31. The van der Waals surface area contributed by atoms with Gasteiger partial charge in [0.25, 0.3) is 10.0 Å². The van der Waals surface area contributed by atoms with Crippen molar-refractivity contribution in [1.82, 2.24) is 18.8 Å². The molecule has 1 fully saturated rings. The minimum absolute atomic E-state index is 0.0153. The zero-order valence-electron chi connectivity index (χ0n) is 20.6. The van der Waals surface area contributed by atoms with Crippen LogP contribution in [0.2, 0.25) is 0 Å². The van der Waals surface area contributed by atoms with Crippen molar-refractivity contribution in [2.24, 2.45) is 0 Å². The first kappa shape index (κ1) is 26.4. The molecule has 3 heterocycles. The number of sulfonamides is 1. The monoisotopic (exact) mass is 595 g/mol. The highest BCUT2D eigenvalue weighted by atomic mass is 32.3. The molecule has 11 nitrogen and oxygen atoms in total. The Kier molecular flexibility index (Phi) is 6.76. The summed E-state index contributed by atoms with van der Waals surface area (Å²) >= 11 is 0.806. The number of aryl methyl sites for hydroxylation is 1. The summed E-state index contributed by atoms with van der Waals surface area (Å²) in [6.45, 7) is 1.40. The van der Waals surface area contributed by atoms with E-state index in [1.54, 1.807) is 0 Å². The Balaban J connectivity index is 1.29. The maximum atomic E-state index is 15.1. The van der Waals surface area contributed by atoms with Crippen molar-refractivity contribution >= 4 is 48.4 Å². The molecule has 1 unspecified atom stereocenters. The molecule has 2 aliphatic rings. The van der Waals surface area contributed by atoms with Crippen LogP contribution in [0, 0.1) is 5.82 Å². The Bertz CT molecular complexity index is 1690. The summed E-state index contributed by atoms with van der Waals surface area (Å²) < 4.78 is 73.1. The van der Waals surface area contributed by atoms with Crippen LogP contribution in [-0.2, 0) is 29.4 Å². The van der Waals surface area contributed by atoms with E-state index < -0.39 is 37.1 Å². The predicted molar refractivity (Wildman–Crippen MR) is 147 cm³/mol. The van der Waals surface area contributed by atoms with Gasteiger partial charge in [-0.1, -0.05) is 18.2 Å². The van der Waals surface area contributed by atoms with Crippen LogP contribution in [0.1, 0.15) is 23.1 Å². The Labute approximate surface area is 228 Å². The Morgan fingerprint density at radius 1 is 1.23 bits per heavy atom. The van der Waals surface area contributed by atoms with Gasteiger partial charge in [0, 0.05) is 42.8 Å². The molecule has 1 aliphatic carbocycles. The molecule has 0 radical (unpaired) electrons. The molecule has 0 amide bonds. The second-order valence-electron chi connectivity index (χ2n) is 9.75. The molecule has 0 spiro atoms. The number of anilines is 1. The van der Waals surface area contributed by atoms with Gasteiger partial charge in [0.2, 0.25) is 5.13 Å². The second kappa shape index (κ2) is 9.98. The minimum Gasteiger partial charge on any atom is -0.408 e. The van der Waals surface area contributed by atoms with Gasteiger partial charge in [-0.05, 0) is 36.0 Å². The van der Waals surface area contributed by atoms with Crippen LogP contribution in [0.15, 0.2) is 50.8 Å². The topological polar surface area (TPSA) is 151 Å². The molecular weight excluding hydrogens is 569 g/mol. The van der Waals surface area contributed by atoms with Crippen molar-refractivity contribution in [1.29, 1.82) is 0 Å². The highest BCUT2D eigenvalue weighted by Crippen LogP contribution is 2.41. The van der Waals surface area contributed by atoms with E-state index in [1.807, 2.05) is 12.1 Å². The number of nitrogens with one attached hydrogen (secondary N) is 1. The molecule has 1 saturated heterocycles. The highest BCUT2D eigenvalue weighted by Gasteiger charge is 2.31. The number of halogens is 1. The smallest absolute Gasteiger partial charge is 0.408 e. The highest BCUT2D eigenvalue weighted by molar-refractivity contribution is 8.24. The van der Waals surface area contributed by atoms with Crippen LogP contribution in [0.25, 0.3) is 11.1 Å². The standard InChI is InChI=1S/C24H26FN5O6S3/c25-19-11-20-21(12-22(19)39(34,35)28-23-26-14-27-37-23)36-24(31)30(20)13-16-3-1-2-15-4-5-17(10-18(15)16)29-6-8-38(32,33)9-7-29/h1-3,11-12,14,17,32-33H,4-10,13H2,(H,26,27,28). The third-order valence-electron chi connectivity index (χ3n) is 7.41. The summed E-state index contributed by atoms with van der Waals surface area (Å²) in [5.74, 6) is -0.982. The van der Waals surface area contributed by atoms with E-state index in [0.717, 1.165) is 54.1 Å². The molecule has 2 aromatic heterocycles. The third kappa shape index (κ3) is 5.21. The van der Waals surface area contributed by atoms with Gasteiger partial charge in [-0.15, -0.1) is 0 Å². The quantitative estimate of drug-likeness (QED) is 0.305. The first-order valence-electron chi connectivity index (χ1n) is 12.3. The lowest BCUT2D eigenvalue weighted by atomic mass is 9.84. The zero-order chi connectivity index (χ0) is 27.4. The van der Waals surface area contributed by atoms with E-state index in [0.29, 0.717) is 24.6 Å². The number of hydrogen-bond donors (Lipinski definition) is 3. The van der Waals surface area contributed by atoms with Crippen molar-refractivity contribution in [3.05, 3.63) is 69.7 Å². The number of nitrogens with zero attached hydrogens (tertiary/aromatic N) is 4. The van der Waals surface area contributed by atoms with Gasteiger partial charge in [0.1, 0.15) is 17.0 Å². The minimum atomic E-state index is -4.33. The molecule has 39 heavy (non-hydrogen) atoms. The SMILES string of the molecule is O=c1oc2cc(S(=O)(=O)Nc3ncns3)c(F)cc2n1Cc1cccc2c1CC(N1CCS(O)(O)CC1)CC2. The van der Waals surface area contributed by atoms with Gasteiger partial charge in [-0.2, -0.15) is 15.0 Å². The van der Waals surface area contributed by atoms with Gasteiger partial charge >= 0.3 is 5.76 Å². The molecule has 2 aromatic carbocycles. The molecule has 4 aromatic rings. The number of fused-ring (bicyclic) bond motifs is 2. The number of oxazole rings is 1. The van der Waals surface area contributed by atoms with Crippen LogP contribution in [0.4, 0.5) is 9.52 Å². The normalized spacial score (nSPS) is 20.5. The fourth-order valence-electron chi connectivity index (χ4n) is 5.39. The zero-order valence-corrected chi connectivity index (χ0v) is 23.1. The van der Waals surface area contributed by atoms with Crippen molar-refractivity contribution in [2.45, 2.75) is 36.7 Å². The molecule has 6 rings (SSSR count). The Hall–Kier alpha value is -2.82. The maximum absolute atomic E-state index is 15.1. The van der Waals surface area contributed by atoms with Gasteiger partial charge in [-0.25, -0.2) is 22.6 Å². The van der Waals surface area contributed by atoms with Gasteiger partial charge in [0.15, 0.2) is 5.58 Å². The molecule has 208 valence electrons. The summed E-state index contributed by atoms with van der Waals surface area (Å²) in [4.78, 5) is 18.3. The Morgan fingerprint density at radius 3 is 2.77 bits per heavy atom. The van der Waals surface area contributed by atoms with Gasteiger partial charge < -0.3 is 4.42 Å². The summed E-state index contributed by atoms with van der Waals surface area (Å²) in [6.07, 6.45) is 3.74. The fourth-order valence-corrected chi connectivity index (χ4v) is 8.38. The van der Waals surface area contributed by atoms with Gasteiger partial charge in [0.05, 0.1) is 23.6 Å². The molecule has 15 heteroatoms. The first-order valence-corrected chi connectivity index (χ1v) is 16.4. The molecule has 1 aliphatic heterocycles. The fraction of sp³-hybridized carbons (Fsp3) is 0.375. The summed E-state index contributed by atoms with van der Waals surface area (Å²) in [6, 6.07) is 8.18. The van der Waals surface area contributed by atoms with Crippen molar-refractivity contribution in [3.8, 4) is 0 Å². The third-order valence-corrected chi connectivity index (χ3v) is 11.1. The van der Waals surface area contributed by atoms with Crippen molar-refractivity contribution < 1.29 is 26.3 Å². The predicted octanol–water partition coefficient (Wildman–Crippen LogP) is 3.36. The van der Waals surface area contributed by atoms with E-state index in [-0.39, 0.29) is 28.8 Å². The second-order valence-corrected chi connectivity index (χ2v) is 14.6. The maximum Gasteiger partial charge on any atom is 0.420 e. The van der Waals surface area contributed by atoms with E-state index in [4.69, 9.17) is 4.42 Å². The van der Waals surface area contributed by atoms with Crippen LogP contribution < -0.4 is 10.5 Å². The molecule has 0 saturated carbocycles. The number of hydrogen-bond acceptors (Lipinski definition) is 10. The van der Waals surface area contributed by atoms with E-state index in [2.05, 4.69) is 25.0 Å². The molecule has 0 bridgehead atoms. The number of benzene rings is 2. The number of rotatable bonds is 6. The Morgan fingerprint density at radius 2 is 2.03 bits per heavy atom. The average molecular weight is 596 g/mol. The molecule has 3 N–H and O–H groups in total. The van der Waals surface area contributed by atoms with Crippen LogP contribution in [0.3, 0.4) is 0 Å². The number of aromatic nitrogens is 3. The average Bonchev–Trinajstić information content (AvgIpc) is 3.50. The lowest BCUT2D eigenvalue weighted by molar-refractivity contribution is 0.190. The summed E-state index contributed by atoms with van der Waals surface area (Å²) in [5, 5.41) is -0.0153. The lowest BCUT2D eigenvalue weighted by Gasteiger charge is -2.45. The molecular formula is C24H26FN5O6S3. The molecule has 1 atom stereocenters. The summed E-state index contributed by atoms with van der Waals surface area (Å²) in [7, 11) is -6.81. The van der Waals surface area contributed by atoms with Crippen LogP contribution >= 0.6 is 22.1 Å². The van der Waals surface area contributed by atoms with E-state index >= 15 is 4.39 Å².